The maximum Gasteiger partial charge on any atom is 0.155 e. The molecule has 10 nitrogen and oxygen atoms in total. The van der Waals surface area contributed by atoms with E-state index in [0.717, 1.165) is 85.6 Å². The number of carbonyl (C=O) groups is 2. The van der Waals surface area contributed by atoms with Crippen LogP contribution in [0.25, 0.3) is 0 Å². The molecule has 4 aliphatic rings. The minimum Gasteiger partial charge on any atom is -0.508 e. The van der Waals surface area contributed by atoms with E-state index in [9.17, 15) is 44.7 Å². The molecule has 356 valence electrons. The van der Waals surface area contributed by atoms with Crippen molar-refractivity contribution in [2.45, 2.75) is 73.6 Å². The molecule has 20 heteroatoms. The van der Waals surface area contributed by atoms with Crippen molar-refractivity contribution in [2.24, 2.45) is 0 Å². The molecule has 4 N–H and O–H groups in total. The standard InChI is InChI=1S/C14H16F3NO2.C7H4F2O2.C7H13FIN.C7H14FNO.C4H9NO.C3H6FI/c15-3-1-4-18-5-2-10(8-18)20-11-6-13(16)12(9-19)14(17)7-11;8-6-1-4(11)2-7(9)5(6)3-10;8-3-1-4-10-5-2-7(9)6-10;8-3-1-4-9-5-2-7(10)6-9;6-4-1-2-5-3-4;4-2-1-3-5/h6-7,9-10H,1-5,8H2;1-3,11H;7H,1-6H2;7,10H,1-6H2;4-6H,1-3H2;1-3H2. The number of carbonyl (C=O) groups excluding carboxylic acids is 2. The maximum atomic E-state index is 13.4. The number of aliphatic hydroxyl groups excluding tert-OH is 2. The summed E-state index contributed by atoms with van der Waals surface area (Å²) in [6, 6.07) is 3.37. The van der Waals surface area contributed by atoms with Gasteiger partial charge in [-0.05, 0) is 64.5 Å². The number of benzene rings is 2. The molecule has 0 saturated carbocycles. The van der Waals surface area contributed by atoms with Crippen LogP contribution in [0.1, 0.15) is 72.1 Å². The van der Waals surface area contributed by atoms with Crippen molar-refractivity contribution in [3.05, 3.63) is 58.7 Å². The average Bonchev–Trinajstić information content (AvgIpc) is 4.07. The van der Waals surface area contributed by atoms with Gasteiger partial charge in [0, 0.05) is 91.5 Å². The highest BCUT2D eigenvalue weighted by atomic mass is 127. The molecule has 0 aromatic heterocycles. The highest BCUT2D eigenvalue weighted by Crippen LogP contribution is 2.23. The molecule has 4 saturated heterocycles. The quantitative estimate of drug-likeness (QED) is 0.0619. The van der Waals surface area contributed by atoms with E-state index in [1.54, 1.807) is 0 Å². The molecular weight excluding hydrogens is 1060 g/mol. The molecule has 2 aromatic carbocycles. The lowest BCUT2D eigenvalue weighted by molar-refractivity contribution is 0.110. The molecule has 62 heavy (non-hydrogen) atoms. The van der Waals surface area contributed by atoms with Gasteiger partial charge in [-0.25, -0.2) is 17.6 Å². The number of rotatable bonds is 15. The average molecular weight is 1120 g/mol. The molecule has 0 bridgehead atoms. The van der Waals surface area contributed by atoms with Gasteiger partial charge in [-0.3, -0.25) is 32.1 Å². The fourth-order valence-electron chi connectivity index (χ4n) is 6.26. The lowest BCUT2D eigenvalue weighted by Gasteiger charge is -2.16. The first kappa shape index (κ1) is 58.1. The van der Waals surface area contributed by atoms with Crippen LogP contribution in [0.4, 0.5) is 35.1 Å². The summed E-state index contributed by atoms with van der Waals surface area (Å²) in [5, 5.41) is 29.4. The molecule has 4 aliphatic heterocycles. The van der Waals surface area contributed by atoms with Crippen molar-refractivity contribution in [3.63, 3.8) is 0 Å². The number of hydrogen-bond donors (Lipinski definition) is 4. The number of phenols is 1. The van der Waals surface area contributed by atoms with Gasteiger partial charge < -0.3 is 35.2 Å². The molecule has 0 radical (unpaired) electrons. The first-order chi connectivity index (χ1) is 29.7. The number of β-amino-alcohol motifs (C(OH)–C–C–N with tert-alkyl or cyclic N) is 2. The van der Waals surface area contributed by atoms with E-state index in [-0.39, 0.29) is 63.3 Å². The lowest BCUT2D eigenvalue weighted by Crippen LogP contribution is -2.26. The van der Waals surface area contributed by atoms with Gasteiger partial charge in [0.05, 0.1) is 50.0 Å². The predicted molar refractivity (Wildman–Crippen MR) is 241 cm³/mol. The van der Waals surface area contributed by atoms with E-state index in [2.05, 4.69) is 65.2 Å². The SMILES string of the molecule is FCCCI.FCCCN1CCC(I)C1.O=Cc1c(F)cc(O)cc1F.O=Cc1c(F)cc(OC2CCN(CCCF)C2)cc1F.OC1CCN(CCCF)C1.OC1CCNC1. The summed E-state index contributed by atoms with van der Waals surface area (Å²) in [6.07, 6.45) is 6.09. The maximum absolute atomic E-state index is 13.4. The molecule has 0 amide bonds. The highest BCUT2D eigenvalue weighted by Gasteiger charge is 2.24. The third-order valence-electron chi connectivity index (χ3n) is 9.47. The molecule has 4 fully saturated rings. The second-order valence-electron chi connectivity index (χ2n) is 14.6. The Morgan fingerprint density at radius 2 is 1.13 bits per heavy atom. The monoisotopic (exact) mass is 1120 g/mol. The van der Waals surface area contributed by atoms with Gasteiger partial charge >= 0.3 is 0 Å². The van der Waals surface area contributed by atoms with Gasteiger partial charge in [0.1, 0.15) is 40.9 Å². The number of aliphatic hydroxyl groups is 2. The third kappa shape index (κ3) is 25.5. The Hall–Kier alpha value is -1.96. The Morgan fingerprint density at radius 3 is 1.48 bits per heavy atom. The van der Waals surface area contributed by atoms with Crippen LogP contribution in [0.5, 0.6) is 11.5 Å². The van der Waals surface area contributed by atoms with E-state index >= 15 is 0 Å². The molecule has 2 aromatic rings. The highest BCUT2D eigenvalue weighted by molar-refractivity contribution is 14.1. The van der Waals surface area contributed by atoms with E-state index in [1.807, 2.05) is 0 Å². The zero-order chi connectivity index (χ0) is 46.3. The molecule has 4 heterocycles. The van der Waals surface area contributed by atoms with Gasteiger partial charge in [0.2, 0.25) is 0 Å². The summed E-state index contributed by atoms with van der Waals surface area (Å²) in [4.78, 5) is 27.0. The Balaban J connectivity index is 0.000000396. The first-order valence-electron chi connectivity index (χ1n) is 20.7. The van der Waals surface area contributed by atoms with Crippen molar-refractivity contribution in [2.75, 3.05) is 103 Å². The van der Waals surface area contributed by atoms with Crippen molar-refractivity contribution >= 4 is 57.8 Å². The zero-order valence-corrected chi connectivity index (χ0v) is 39.2. The topological polar surface area (TPSA) is 126 Å². The lowest BCUT2D eigenvalue weighted by atomic mass is 10.2. The van der Waals surface area contributed by atoms with Gasteiger partial charge in [-0.15, -0.1) is 0 Å². The Kier molecular flexibility index (Phi) is 33.1. The Morgan fingerprint density at radius 1 is 0.661 bits per heavy atom. The van der Waals surface area contributed by atoms with Crippen LogP contribution < -0.4 is 10.1 Å². The van der Waals surface area contributed by atoms with E-state index in [0.29, 0.717) is 50.9 Å². The summed E-state index contributed by atoms with van der Waals surface area (Å²) >= 11 is 4.61. The smallest absolute Gasteiger partial charge is 0.155 e. The van der Waals surface area contributed by atoms with Gasteiger partial charge in [-0.2, -0.15) is 0 Å². The summed E-state index contributed by atoms with van der Waals surface area (Å²) < 4.78 is 106. The number of hydrogen-bond acceptors (Lipinski definition) is 10. The molecule has 4 unspecified atom stereocenters. The van der Waals surface area contributed by atoms with E-state index in [1.165, 1.54) is 19.5 Å². The summed E-state index contributed by atoms with van der Waals surface area (Å²) in [5.74, 6) is -4.44. The molecule has 6 rings (SSSR count). The summed E-state index contributed by atoms with van der Waals surface area (Å²) in [6.45, 7) is 8.66. The number of aromatic hydroxyl groups is 1. The predicted octanol–water partition coefficient (Wildman–Crippen LogP) is 7.46. The van der Waals surface area contributed by atoms with Crippen LogP contribution in [0.3, 0.4) is 0 Å². The number of ether oxygens (including phenoxy) is 1. The van der Waals surface area contributed by atoms with Crippen molar-refractivity contribution in [3.8, 4) is 11.5 Å². The zero-order valence-electron chi connectivity index (χ0n) is 34.9. The molecule has 0 aliphatic carbocycles. The van der Waals surface area contributed by atoms with E-state index < -0.39 is 40.1 Å². The van der Waals surface area contributed by atoms with Gasteiger partial charge in [0.25, 0.3) is 0 Å². The molecule has 0 spiro atoms. The second kappa shape index (κ2) is 35.3. The number of phenolic OH excluding ortho intramolecular Hbond substituents is 1. The first-order valence-corrected chi connectivity index (χ1v) is 23.4. The third-order valence-corrected chi connectivity index (χ3v) is 11.3. The van der Waals surface area contributed by atoms with Crippen molar-refractivity contribution < 1.29 is 64.8 Å². The number of aldehydes is 2. The van der Waals surface area contributed by atoms with Crippen LogP contribution in [0.2, 0.25) is 0 Å². The van der Waals surface area contributed by atoms with Gasteiger partial charge in [0.15, 0.2) is 12.6 Å². The van der Waals surface area contributed by atoms with Gasteiger partial charge in [-0.1, -0.05) is 45.2 Å². The summed E-state index contributed by atoms with van der Waals surface area (Å²) in [7, 11) is 0. The number of nitrogens with zero attached hydrogens (tertiary/aromatic N) is 3. The van der Waals surface area contributed by atoms with Crippen LogP contribution >= 0.6 is 45.2 Å². The van der Waals surface area contributed by atoms with Crippen molar-refractivity contribution in [1.29, 1.82) is 0 Å². The normalized spacial score (nSPS) is 20.8. The Labute approximate surface area is 387 Å². The van der Waals surface area contributed by atoms with Crippen LogP contribution in [0.15, 0.2) is 24.3 Å². The van der Waals surface area contributed by atoms with Crippen LogP contribution in [0, 0.1) is 23.3 Å². The minimum atomic E-state index is -1.06. The number of likely N-dealkylation sites (tertiary alicyclic amines) is 3. The molecule has 4 atom stereocenters. The minimum absolute atomic E-state index is 0.0596. The van der Waals surface area contributed by atoms with E-state index in [4.69, 9.17) is 20.1 Å². The summed E-state index contributed by atoms with van der Waals surface area (Å²) in [5.41, 5.74) is -1.25. The van der Waals surface area contributed by atoms with Crippen LogP contribution in [-0.2, 0) is 0 Å². The fourth-order valence-corrected chi connectivity index (χ4v) is 7.38. The second-order valence-corrected chi connectivity index (χ2v) is 17.5. The number of alkyl halides is 6. The molecular formula is C42H62F8I2N4O6. The van der Waals surface area contributed by atoms with Crippen LogP contribution in [-0.4, -0.2) is 168 Å². The largest absolute Gasteiger partial charge is 0.508 e. The fraction of sp³-hybridized carbons (Fsp3) is 0.667. The Bertz CT molecular complexity index is 1440. The van der Waals surface area contributed by atoms with Crippen molar-refractivity contribution in [1.82, 2.24) is 20.0 Å². The number of nitrogens with one attached hydrogen (secondary N) is 1. The number of halogens is 10.